The van der Waals surface area contributed by atoms with Gasteiger partial charge in [-0.2, -0.15) is 0 Å². The summed E-state index contributed by atoms with van der Waals surface area (Å²) < 4.78 is 1.81. The van der Waals surface area contributed by atoms with Gasteiger partial charge in [-0.05, 0) is 26.2 Å². The molecule has 1 N–H and O–H groups in total. The van der Waals surface area contributed by atoms with Crippen LogP contribution in [-0.2, 0) is 0 Å². The first-order valence-electron chi connectivity index (χ1n) is 5.83. The fourth-order valence-electron chi connectivity index (χ4n) is 2.06. The quantitative estimate of drug-likeness (QED) is 0.831. The van der Waals surface area contributed by atoms with Crippen LogP contribution in [0.3, 0.4) is 0 Å². The molecule has 0 saturated heterocycles. The minimum Gasteiger partial charge on any atom is -0.476 e. The van der Waals surface area contributed by atoms with Crippen LogP contribution in [0.25, 0.3) is 0 Å². The molecule has 0 radical (unpaired) electrons. The Balaban J connectivity index is 2.33. The number of carboxylic acid groups (broad SMARTS) is 1. The van der Waals surface area contributed by atoms with Gasteiger partial charge in [0.25, 0.3) is 0 Å². The number of hydrogen-bond acceptors (Lipinski definition) is 3. The molecule has 0 spiro atoms. The van der Waals surface area contributed by atoms with Crippen molar-refractivity contribution in [3.05, 3.63) is 11.4 Å². The lowest BCUT2D eigenvalue weighted by molar-refractivity contribution is 0.0689. The Bertz CT molecular complexity index is 396. The highest BCUT2D eigenvalue weighted by Crippen LogP contribution is 2.42. The van der Waals surface area contributed by atoms with Crippen molar-refractivity contribution in [3.8, 4) is 0 Å². The summed E-state index contributed by atoms with van der Waals surface area (Å²) in [6.45, 7) is 4.18. The Labute approximate surface area is 94.5 Å². The monoisotopic (exact) mass is 223 g/mol. The van der Waals surface area contributed by atoms with Crippen molar-refractivity contribution in [2.24, 2.45) is 0 Å². The van der Waals surface area contributed by atoms with Gasteiger partial charge >= 0.3 is 5.97 Å². The number of carbonyl (C=O) groups is 1. The second-order valence-electron chi connectivity index (χ2n) is 4.48. The van der Waals surface area contributed by atoms with E-state index in [0.717, 1.165) is 31.4 Å². The van der Waals surface area contributed by atoms with Crippen LogP contribution >= 0.6 is 0 Å². The van der Waals surface area contributed by atoms with Gasteiger partial charge in [0.15, 0.2) is 5.69 Å². The topological polar surface area (TPSA) is 68.0 Å². The fraction of sp³-hybridized carbons (Fsp3) is 0.727. The molecule has 2 rings (SSSR count). The molecule has 88 valence electrons. The number of aromatic carboxylic acids is 1. The Morgan fingerprint density at radius 2 is 2.31 bits per heavy atom. The zero-order valence-electron chi connectivity index (χ0n) is 9.68. The van der Waals surface area contributed by atoms with E-state index in [2.05, 4.69) is 24.2 Å². The third-order valence-electron chi connectivity index (χ3n) is 3.02. The largest absolute Gasteiger partial charge is 0.476 e. The number of rotatable bonds is 5. The summed E-state index contributed by atoms with van der Waals surface area (Å²) in [5, 5.41) is 16.8. The first-order valence-corrected chi connectivity index (χ1v) is 5.83. The second-order valence-corrected chi connectivity index (χ2v) is 4.48. The molecule has 1 unspecified atom stereocenters. The maximum Gasteiger partial charge on any atom is 0.358 e. The van der Waals surface area contributed by atoms with Crippen LogP contribution in [0.4, 0.5) is 0 Å². The summed E-state index contributed by atoms with van der Waals surface area (Å²) in [5.41, 5.74) is 0.971. The number of nitrogens with zero attached hydrogens (tertiary/aromatic N) is 3. The molecule has 5 heteroatoms. The van der Waals surface area contributed by atoms with Gasteiger partial charge in [-0.1, -0.05) is 18.6 Å². The van der Waals surface area contributed by atoms with Crippen molar-refractivity contribution < 1.29 is 9.90 Å². The summed E-state index contributed by atoms with van der Waals surface area (Å²) in [6.07, 6.45) is 4.19. The Morgan fingerprint density at radius 3 is 2.81 bits per heavy atom. The summed E-state index contributed by atoms with van der Waals surface area (Å²) in [4.78, 5) is 11.0. The first-order chi connectivity index (χ1) is 7.65. The predicted octanol–water partition coefficient (Wildman–Crippen LogP) is 2.21. The average Bonchev–Trinajstić information content (AvgIpc) is 2.96. The van der Waals surface area contributed by atoms with Gasteiger partial charge in [0.05, 0.1) is 11.7 Å². The van der Waals surface area contributed by atoms with Gasteiger partial charge in [-0.15, -0.1) is 5.10 Å². The molecule has 0 amide bonds. The van der Waals surface area contributed by atoms with E-state index < -0.39 is 5.97 Å². The van der Waals surface area contributed by atoms with Crippen molar-refractivity contribution >= 4 is 5.97 Å². The van der Waals surface area contributed by atoms with Crippen molar-refractivity contribution in [2.45, 2.75) is 51.5 Å². The molecule has 1 saturated carbocycles. The molecule has 16 heavy (non-hydrogen) atoms. The van der Waals surface area contributed by atoms with Gasteiger partial charge in [-0.3, -0.25) is 0 Å². The molecule has 0 aliphatic heterocycles. The van der Waals surface area contributed by atoms with Crippen molar-refractivity contribution in [3.63, 3.8) is 0 Å². The van der Waals surface area contributed by atoms with E-state index in [1.165, 1.54) is 0 Å². The van der Waals surface area contributed by atoms with Crippen LogP contribution < -0.4 is 0 Å². The van der Waals surface area contributed by atoms with Crippen LogP contribution in [-0.4, -0.2) is 26.1 Å². The minimum atomic E-state index is -0.961. The highest BCUT2D eigenvalue weighted by atomic mass is 16.4. The van der Waals surface area contributed by atoms with E-state index in [1.807, 2.05) is 4.68 Å². The Hall–Kier alpha value is -1.39. The van der Waals surface area contributed by atoms with Gasteiger partial charge in [0.2, 0.25) is 0 Å². The van der Waals surface area contributed by atoms with Crippen LogP contribution in [0.1, 0.15) is 67.7 Å². The van der Waals surface area contributed by atoms with Crippen LogP contribution in [0, 0.1) is 0 Å². The van der Waals surface area contributed by atoms with Gasteiger partial charge in [0, 0.05) is 5.92 Å². The highest BCUT2D eigenvalue weighted by molar-refractivity contribution is 5.86. The van der Waals surface area contributed by atoms with Gasteiger partial charge < -0.3 is 5.11 Å². The minimum absolute atomic E-state index is 0.144. The first kappa shape index (κ1) is 11.1. The van der Waals surface area contributed by atoms with E-state index in [1.54, 1.807) is 0 Å². The Kier molecular flexibility index (Phi) is 2.94. The highest BCUT2D eigenvalue weighted by Gasteiger charge is 2.34. The van der Waals surface area contributed by atoms with Crippen molar-refractivity contribution in [1.82, 2.24) is 15.0 Å². The standard InChI is InChI=1S/C11H17N3O2/c1-3-4-7(2)14-10(8-5-6-8)9(11(15)16)12-13-14/h7-8H,3-6H2,1-2H3,(H,15,16). The van der Waals surface area contributed by atoms with Crippen molar-refractivity contribution in [1.29, 1.82) is 0 Å². The Morgan fingerprint density at radius 1 is 1.62 bits per heavy atom. The molecule has 1 aliphatic rings. The lowest BCUT2D eigenvalue weighted by Crippen LogP contribution is -2.11. The van der Waals surface area contributed by atoms with E-state index in [0.29, 0.717) is 5.92 Å². The zero-order valence-corrected chi connectivity index (χ0v) is 9.68. The SMILES string of the molecule is CCCC(C)n1nnc(C(=O)O)c1C1CC1. The van der Waals surface area contributed by atoms with Gasteiger partial charge in [0.1, 0.15) is 0 Å². The fourth-order valence-corrected chi connectivity index (χ4v) is 2.06. The molecule has 1 atom stereocenters. The maximum absolute atomic E-state index is 11.0. The molecule has 1 aromatic rings. The van der Waals surface area contributed by atoms with Crippen LogP contribution in [0.2, 0.25) is 0 Å². The van der Waals surface area contributed by atoms with Crippen LogP contribution in [0.15, 0.2) is 0 Å². The second kappa shape index (κ2) is 4.23. The molecule has 0 bridgehead atoms. The number of carboxylic acids is 1. The number of aromatic nitrogens is 3. The van der Waals surface area contributed by atoms with E-state index >= 15 is 0 Å². The lowest BCUT2D eigenvalue weighted by atomic mass is 10.1. The molecular formula is C11H17N3O2. The third kappa shape index (κ3) is 1.94. The van der Waals surface area contributed by atoms with Crippen LogP contribution in [0.5, 0.6) is 0 Å². The normalized spacial score (nSPS) is 17.4. The van der Waals surface area contributed by atoms with Gasteiger partial charge in [-0.25, -0.2) is 9.48 Å². The summed E-state index contributed by atoms with van der Waals surface area (Å²) in [5.74, 6) is -0.600. The predicted molar refractivity (Wildman–Crippen MR) is 58.6 cm³/mol. The molecule has 1 aromatic heterocycles. The summed E-state index contributed by atoms with van der Waals surface area (Å²) in [7, 11) is 0. The summed E-state index contributed by atoms with van der Waals surface area (Å²) in [6, 6.07) is 0.237. The average molecular weight is 223 g/mol. The zero-order chi connectivity index (χ0) is 11.7. The van der Waals surface area contributed by atoms with E-state index in [9.17, 15) is 4.79 Å². The van der Waals surface area contributed by atoms with E-state index in [-0.39, 0.29) is 11.7 Å². The number of hydrogen-bond donors (Lipinski definition) is 1. The third-order valence-corrected chi connectivity index (χ3v) is 3.02. The maximum atomic E-state index is 11.0. The smallest absolute Gasteiger partial charge is 0.358 e. The molecule has 1 fully saturated rings. The van der Waals surface area contributed by atoms with Crippen molar-refractivity contribution in [2.75, 3.05) is 0 Å². The van der Waals surface area contributed by atoms with E-state index in [4.69, 9.17) is 5.11 Å². The molecular weight excluding hydrogens is 206 g/mol. The molecule has 1 heterocycles. The molecule has 1 aliphatic carbocycles. The summed E-state index contributed by atoms with van der Waals surface area (Å²) >= 11 is 0. The lowest BCUT2D eigenvalue weighted by Gasteiger charge is -2.13. The molecule has 0 aromatic carbocycles. The molecule has 5 nitrogen and oxygen atoms in total.